The first-order valence-corrected chi connectivity index (χ1v) is 7.79. The summed E-state index contributed by atoms with van der Waals surface area (Å²) in [4.78, 5) is 28.0. The molecular weight excluding hydrogens is 254 g/mol. The van der Waals surface area contributed by atoms with Crippen molar-refractivity contribution in [1.29, 1.82) is 0 Å². The van der Waals surface area contributed by atoms with Crippen molar-refractivity contribution in [3.8, 4) is 0 Å². The van der Waals surface area contributed by atoms with E-state index in [-0.39, 0.29) is 23.8 Å². The van der Waals surface area contributed by atoms with Crippen molar-refractivity contribution in [3.05, 3.63) is 0 Å². The zero-order valence-electron chi connectivity index (χ0n) is 12.7. The van der Waals surface area contributed by atoms with E-state index in [1.54, 1.807) is 11.8 Å². The third-order valence-electron chi connectivity index (χ3n) is 4.75. The predicted molar refractivity (Wildman–Crippen MR) is 77.9 cm³/mol. The first-order valence-electron chi connectivity index (χ1n) is 7.79. The fraction of sp³-hybridized carbons (Fsp3) is 0.867. The van der Waals surface area contributed by atoms with Crippen molar-refractivity contribution in [2.45, 2.75) is 45.6 Å². The monoisotopic (exact) mass is 281 g/mol. The number of carbonyl (C=O) groups excluding carboxylic acids is 2. The Balaban J connectivity index is 2.00. The van der Waals surface area contributed by atoms with E-state index in [9.17, 15) is 9.59 Å². The lowest BCUT2D eigenvalue weighted by molar-refractivity contribution is -0.143. The standard InChI is InChI=1S/C15H27N3O2/c1-11-5-7-18(14(8-11)9-16)15(20)13-4-3-6-17(10-13)12(2)19/h11,13-14H,3-10,16H2,1-2H3. The lowest BCUT2D eigenvalue weighted by Crippen LogP contribution is -2.53. The molecule has 0 bridgehead atoms. The Bertz CT molecular complexity index is 372. The summed E-state index contributed by atoms with van der Waals surface area (Å²) in [7, 11) is 0. The number of nitrogens with zero attached hydrogens (tertiary/aromatic N) is 2. The van der Waals surface area contributed by atoms with Crippen LogP contribution in [0.15, 0.2) is 0 Å². The van der Waals surface area contributed by atoms with Crippen molar-refractivity contribution < 1.29 is 9.59 Å². The van der Waals surface area contributed by atoms with Gasteiger partial charge in [-0.15, -0.1) is 0 Å². The van der Waals surface area contributed by atoms with Gasteiger partial charge < -0.3 is 15.5 Å². The third kappa shape index (κ3) is 3.32. The molecule has 2 amide bonds. The molecule has 2 fully saturated rings. The Morgan fingerprint density at radius 2 is 2.00 bits per heavy atom. The topological polar surface area (TPSA) is 66.6 Å². The van der Waals surface area contributed by atoms with Crippen molar-refractivity contribution >= 4 is 11.8 Å². The summed E-state index contributed by atoms with van der Waals surface area (Å²) >= 11 is 0. The number of carbonyl (C=O) groups is 2. The highest BCUT2D eigenvalue weighted by Gasteiger charge is 2.35. The molecule has 3 unspecified atom stereocenters. The average Bonchev–Trinajstić information content (AvgIpc) is 2.46. The Kier molecular flexibility index (Phi) is 5.02. The molecule has 3 atom stereocenters. The average molecular weight is 281 g/mol. The molecule has 0 aromatic heterocycles. The first kappa shape index (κ1) is 15.3. The van der Waals surface area contributed by atoms with Gasteiger partial charge in [0.1, 0.15) is 0 Å². The van der Waals surface area contributed by atoms with Gasteiger partial charge in [0.05, 0.1) is 5.92 Å². The molecule has 0 aromatic carbocycles. The maximum Gasteiger partial charge on any atom is 0.227 e. The number of piperidine rings is 2. The van der Waals surface area contributed by atoms with E-state index in [0.29, 0.717) is 19.0 Å². The highest BCUT2D eigenvalue weighted by atomic mass is 16.2. The SMILES string of the molecule is CC(=O)N1CCCC(C(=O)N2CCC(C)CC2CN)C1. The van der Waals surface area contributed by atoms with Crippen LogP contribution in [-0.4, -0.2) is 53.8 Å². The van der Waals surface area contributed by atoms with Crippen LogP contribution >= 0.6 is 0 Å². The van der Waals surface area contributed by atoms with Crippen molar-refractivity contribution in [2.75, 3.05) is 26.2 Å². The van der Waals surface area contributed by atoms with Crippen LogP contribution in [0.5, 0.6) is 0 Å². The Morgan fingerprint density at radius 3 is 2.65 bits per heavy atom. The minimum Gasteiger partial charge on any atom is -0.342 e. The second-order valence-corrected chi connectivity index (χ2v) is 6.35. The van der Waals surface area contributed by atoms with Crippen molar-refractivity contribution in [3.63, 3.8) is 0 Å². The molecule has 0 saturated carbocycles. The third-order valence-corrected chi connectivity index (χ3v) is 4.75. The zero-order valence-corrected chi connectivity index (χ0v) is 12.7. The van der Waals surface area contributed by atoms with E-state index in [4.69, 9.17) is 5.73 Å². The first-order chi connectivity index (χ1) is 9.52. The van der Waals surface area contributed by atoms with Gasteiger partial charge in [-0.25, -0.2) is 0 Å². The van der Waals surface area contributed by atoms with Crippen LogP contribution in [0.25, 0.3) is 0 Å². The number of nitrogens with two attached hydrogens (primary N) is 1. The summed E-state index contributed by atoms with van der Waals surface area (Å²) in [5, 5.41) is 0. The Hall–Kier alpha value is -1.10. The molecule has 2 aliphatic heterocycles. The van der Waals surface area contributed by atoms with Gasteiger partial charge >= 0.3 is 0 Å². The highest BCUT2D eigenvalue weighted by Crippen LogP contribution is 2.26. The minimum atomic E-state index is -0.0323. The molecule has 0 aromatic rings. The lowest BCUT2D eigenvalue weighted by Gasteiger charge is -2.41. The lowest BCUT2D eigenvalue weighted by atomic mass is 9.89. The number of likely N-dealkylation sites (tertiary alicyclic amines) is 2. The van der Waals surface area contributed by atoms with E-state index in [1.165, 1.54) is 0 Å². The molecule has 2 saturated heterocycles. The van der Waals surface area contributed by atoms with E-state index in [2.05, 4.69) is 6.92 Å². The molecule has 20 heavy (non-hydrogen) atoms. The van der Waals surface area contributed by atoms with E-state index in [1.807, 2.05) is 4.90 Å². The fourth-order valence-electron chi connectivity index (χ4n) is 3.46. The van der Waals surface area contributed by atoms with Crippen LogP contribution in [0.1, 0.15) is 39.5 Å². The van der Waals surface area contributed by atoms with E-state index < -0.39 is 0 Å². The Morgan fingerprint density at radius 1 is 1.25 bits per heavy atom. The van der Waals surface area contributed by atoms with Gasteiger partial charge in [-0.05, 0) is 31.6 Å². The van der Waals surface area contributed by atoms with Crippen molar-refractivity contribution in [1.82, 2.24) is 9.80 Å². The van der Waals surface area contributed by atoms with Crippen LogP contribution in [-0.2, 0) is 9.59 Å². The van der Waals surface area contributed by atoms with Gasteiger partial charge in [0.2, 0.25) is 11.8 Å². The molecule has 2 N–H and O–H groups in total. The maximum atomic E-state index is 12.7. The molecule has 2 aliphatic rings. The smallest absolute Gasteiger partial charge is 0.227 e. The van der Waals surface area contributed by atoms with E-state index >= 15 is 0 Å². The van der Waals surface area contributed by atoms with Crippen molar-refractivity contribution in [2.24, 2.45) is 17.6 Å². The molecule has 2 heterocycles. The second-order valence-electron chi connectivity index (χ2n) is 6.35. The molecule has 0 spiro atoms. The fourth-order valence-corrected chi connectivity index (χ4v) is 3.46. The minimum absolute atomic E-state index is 0.0323. The summed E-state index contributed by atoms with van der Waals surface area (Å²) in [6.07, 6.45) is 3.89. The van der Waals surface area contributed by atoms with Crippen LogP contribution in [0.2, 0.25) is 0 Å². The molecule has 2 rings (SSSR count). The summed E-state index contributed by atoms with van der Waals surface area (Å²) in [5.41, 5.74) is 5.84. The van der Waals surface area contributed by atoms with Crippen LogP contribution in [0.3, 0.4) is 0 Å². The van der Waals surface area contributed by atoms with Gasteiger partial charge in [0.15, 0.2) is 0 Å². The van der Waals surface area contributed by atoms with Crippen LogP contribution in [0.4, 0.5) is 0 Å². The molecule has 114 valence electrons. The zero-order chi connectivity index (χ0) is 14.7. The van der Waals surface area contributed by atoms with Gasteiger partial charge in [0, 0.05) is 39.1 Å². The summed E-state index contributed by atoms with van der Waals surface area (Å²) in [5.74, 6) is 0.895. The van der Waals surface area contributed by atoms with Gasteiger partial charge in [-0.3, -0.25) is 9.59 Å². The molecule has 5 heteroatoms. The normalized spacial score (nSPS) is 31.2. The van der Waals surface area contributed by atoms with Crippen LogP contribution in [0, 0.1) is 11.8 Å². The largest absolute Gasteiger partial charge is 0.342 e. The molecule has 0 radical (unpaired) electrons. The van der Waals surface area contributed by atoms with Gasteiger partial charge in [-0.2, -0.15) is 0 Å². The van der Waals surface area contributed by atoms with Gasteiger partial charge in [-0.1, -0.05) is 6.92 Å². The number of hydrogen-bond acceptors (Lipinski definition) is 3. The maximum absolute atomic E-state index is 12.7. The summed E-state index contributed by atoms with van der Waals surface area (Å²) in [6, 6.07) is 0.180. The predicted octanol–water partition coefficient (Wildman–Crippen LogP) is 0.831. The summed E-state index contributed by atoms with van der Waals surface area (Å²) < 4.78 is 0. The van der Waals surface area contributed by atoms with E-state index in [0.717, 1.165) is 38.8 Å². The molecular formula is C15H27N3O2. The van der Waals surface area contributed by atoms with Crippen LogP contribution < -0.4 is 5.73 Å². The molecule has 5 nitrogen and oxygen atoms in total. The number of rotatable bonds is 2. The highest BCUT2D eigenvalue weighted by molar-refractivity contribution is 5.81. The Labute approximate surface area is 121 Å². The second kappa shape index (κ2) is 6.57. The number of amides is 2. The number of hydrogen-bond donors (Lipinski definition) is 1. The molecule has 0 aliphatic carbocycles. The quantitative estimate of drug-likeness (QED) is 0.815. The van der Waals surface area contributed by atoms with Gasteiger partial charge in [0.25, 0.3) is 0 Å². The summed E-state index contributed by atoms with van der Waals surface area (Å²) in [6.45, 7) is 6.53.